The van der Waals surface area contributed by atoms with Crippen LogP contribution in [0.3, 0.4) is 0 Å². The third-order valence-electron chi connectivity index (χ3n) is 4.19. The Balaban J connectivity index is 1.52. The van der Waals surface area contributed by atoms with Gasteiger partial charge in [0, 0.05) is 26.2 Å². The van der Waals surface area contributed by atoms with E-state index >= 15 is 0 Å². The molecule has 0 spiro atoms. The summed E-state index contributed by atoms with van der Waals surface area (Å²) in [6.45, 7) is 6.68. The topological polar surface area (TPSA) is 50.8 Å². The smallest absolute Gasteiger partial charge is 0.191 e. The molecule has 1 heterocycles. The van der Waals surface area contributed by atoms with Crippen LogP contribution in [0.1, 0.15) is 38.2 Å². The van der Waals surface area contributed by atoms with Crippen molar-refractivity contribution in [3.05, 3.63) is 35.9 Å². The highest BCUT2D eigenvalue weighted by Gasteiger charge is 2.16. The molecule has 0 atom stereocenters. The molecule has 0 bridgehead atoms. The Morgan fingerprint density at radius 1 is 1.23 bits per heavy atom. The average Bonchev–Trinajstić information content (AvgIpc) is 2.55. The van der Waals surface area contributed by atoms with Crippen molar-refractivity contribution >= 4 is 5.96 Å². The largest absolute Gasteiger partial charge is 0.377 e. The van der Waals surface area contributed by atoms with Gasteiger partial charge in [-0.2, -0.15) is 0 Å². The van der Waals surface area contributed by atoms with Crippen LogP contribution < -0.4 is 5.73 Å². The van der Waals surface area contributed by atoms with Gasteiger partial charge < -0.3 is 15.4 Å². The van der Waals surface area contributed by atoms with Crippen molar-refractivity contribution in [3.8, 4) is 0 Å². The third kappa shape index (κ3) is 6.06. The van der Waals surface area contributed by atoms with Crippen LogP contribution in [0.4, 0.5) is 0 Å². The van der Waals surface area contributed by atoms with E-state index in [2.05, 4.69) is 28.9 Å². The normalized spacial score (nSPS) is 17.0. The zero-order chi connectivity index (χ0) is 15.6. The Hall–Kier alpha value is -1.55. The summed E-state index contributed by atoms with van der Waals surface area (Å²) in [5.41, 5.74) is 7.28. The Morgan fingerprint density at radius 3 is 2.68 bits per heavy atom. The van der Waals surface area contributed by atoms with Gasteiger partial charge in [-0.05, 0) is 37.2 Å². The summed E-state index contributed by atoms with van der Waals surface area (Å²) in [5, 5.41) is 0. The zero-order valence-corrected chi connectivity index (χ0v) is 13.7. The summed E-state index contributed by atoms with van der Waals surface area (Å²) in [7, 11) is 0. The molecule has 1 aromatic rings. The van der Waals surface area contributed by atoms with Gasteiger partial charge in [-0.3, -0.25) is 4.99 Å². The monoisotopic (exact) mass is 303 g/mol. The number of hydrogen-bond acceptors (Lipinski definition) is 2. The Labute approximate surface area is 134 Å². The van der Waals surface area contributed by atoms with Gasteiger partial charge in [-0.1, -0.05) is 37.3 Å². The Morgan fingerprint density at radius 2 is 1.95 bits per heavy atom. The van der Waals surface area contributed by atoms with Crippen LogP contribution >= 0.6 is 0 Å². The van der Waals surface area contributed by atoms with E-state index in [0.717, 1.165) is 51.0 Å². The molecule has 1 aromatic carbocycles. The number of benzene rings is 1. The van der Waals surface area contributed by atoms with E-state index in [1.807, 2.05) is 18.2 Å². The maximum absolute atomic E-state index is 6.06. The fourth-order valence-electron chi connectivity index (χ4n) is 2.61. The molecule has 4 heteroatoms. The van der Waals surface area contributed by atoms with Crippen molar-refractivity contribution in [2.75, 3.05) is 26.2 Å². The Bertz CT molecular complexity index is 439. The molecule has 122 valence electrons. The standard InChI is InChI=1S/C18H29N3O/c1-16-9-12-21(13-10-16)18(19)20-11-5-6-14-22-15-17-7-3-2-4-8-17/h2-4,7-8,16H,5-6,9-15H2,1H3,(H2,19,20). The van der Waals surface area contributed by atoms with Crippen LogP contribution in [0.15, 0.2) is 35.3 Å². The summed E-state index contributed by atoms with van der Waals surface area (Å²) in [4.78, 5) is 6.71. The van der Waals surface area contributed by atoms with E-state index in [1.165, 1.54) is 18.4 Å². The van der Waals surface area contributed by atoms with Crippen LogP contribution in [-0.2, 0) is 11.3 Å². The van der Waals surface area contributed by atoms with Crippen molar-refractivity contribution in [2.24, 2.45) is 16.6 Å². The van der Waals surface area contributed by atoms with Gasteiger partial charge in [0.25, 0.3) is 0 Å². The predicted octanol–water partition coefficient (Wildman–Crippen LogP) is 3.03. The summed E-state index contributed by atoms with van der Waals surface area (Å²) >= 11 is 0. The van der Waals surface area contributed by atoms with Crippen molar-refractivity contribution in [1.82, 2.24) is 4.90 Å². The molecule has 4 nitrogen and oxygen atoms in total. The minimum atomic E-state index is 0.693. The number of piperidine rings is 1. The lowest BCUT2D eigenvalue weighted by molar-refractivity contribution is 0.117. The van der Waals surface area contributed by atoms with Gasteiger partial charge in [0.15, 0.2) is 5.96 Å². The number of likely N-dealkylation sites (tertiary alicyclic amines) is 1. The SMILES string of the molecule is CC1CCN(C(N)=NCCCCOCc2ccccc2)CC1. The number of guanidine groups is 1. The van der Waals surface area contributed by atoms with Crippen molar-refractivity contribution in [2.45, 2.75) is 39.2 Å². The molecule has 0 unspecified atom stereocenters. The van der Waals surface area contributed by atoms with E-state index in [4.69, 9.17) is 10.5 Å². The first-order valence-electron chi connectivity index (χ1n) is 8.42. The van der Waals surface area contributed by atoms with Gasteiger partial charge >= 0.3 is 0 Å². The number of hydrogen-bond donors (Lipinski definition) is 1. The molecule has 0 aliphatic carbocycles. The summed E-state index contributed by atoms with van der Waals surface area (Å²) in [6, 6.07) is 10.3. The van der Waals surface area contributed by atoms with E-state index < -0.39 is 0 Å². The highest BCUT2D eigenvalue weighted by Crippen LogP contribution is 2.15. The third-order valence-corrected chi connectivity index (χ3v) is 4.19. The molecule has 0 radical (unpaired) electrons. The lowest BCUT2D eigenvalue weighted by Crippen LogP contribution is -2.42. The molecule has 2 N–H and O–H groups in total. The molecule has 22 heavy (non-hydrogen) atoms. The first-order chi connectivity index (χ1) is 10.8. The second-order valence-electron chi connectivity index (χ2n) is 6.15. The summed E-state index contributed by atoms with van der Waals surface area (Å²) in [6.07, 6.45) is 4.51. The fourth-order valence-corrected chi connectivity index (χ4v) is 2.61. The predicted molar refractivity (Wildman–Crippen MR) is 91.8 cm³/mol. The van der Waals surface area contributed by atoms with Crippen molar-refractivity contribution in [3.63, 3.8) is 0 Å². The van der Waals surface area contributed by atoms with Gasteiger partial charge in [-0.15, -0.1) is 0 Å². The molecule has 1 fully saturated rings. The van der Waals surface area contributed by atoms with E-state index in [9.17, 15) is 0 Å². The van der Waals surface area contributed by atoms with Gasteiger partial charge in [0.2, 0.25) is 0 Å². The highest BCUT2D eigenvalue weighted by molar-refractivity contribution is 5.78. The number of ether oxygens (including phenoxy) is 1. The van der Waals surface area contributed by atoms with Crippen LogP contribution in [0.2, 0.25) is 0 Å². The summed E-state index contributed by atoms with van der Waals surface area (Å²) in [5.74, 6) is 1.54. The van der Waals surface area contributed by atoms with Crippen LogP contribution in [0.5, 0.6) is 0 Å². The average molecular weight is 303 g/mol. The molecule has 0 aromatic heterocycles. The van der Waals surface area contributed by atoms with Gasteiger partial charge in [0.05, 0.1) is 6.61 Å². The van der Waals surface area contributed by atoms with E-state index in [-0.39, 0.29) is 0 Å². The van der Waals surface area contributed by atoms with Crippen LogP contribution in [0, 0.1) is 5.92 Å². The van der Waals surface area contributed by atoms with Crippen molar-refractivity contribution in [1.29, 1.82) is 0 Å². The molecular formula is C18H29N3O. The first kappa shape index (κ1) is 16.8. The van der Waals surface area contributed by atoms with Gasteiger partial charge in [0.1, 0.15) is 0 Å². The minimum absolute atomic E-state index is 0.693. The molecule has 2 rings (SSSR count). The van der Waals surface area contributed by atoms with E-state index in [1.54, 1.807) is 0 Å². The second kappa shape index (κ2) is 9.46. The highest BCUT2D eigenvalue weighted by atomic mass is 16.5. The first-order valence-corrected chi connectivity index (χ1v) is 8.42. The lowest BCUT2D eigenvalue weighted by Gasteiger charge is -2.31. The summed E-state index contributed by atoms with van der Waals surface area (Å²) < 4.78 is 5.66. The zero-order valence-electron chi connectivity index (χ0n) is 13.7. The van der Waals surface area contributed by atoms with Gasteiger partial charge in [-0.25, -0.2) is 0 Å². The Kier molecular flexibility index (Phi) is 7.23. The number of nitrogens with zero attached hydrogens (tertiary/aromatic N) is 2. The van der Waals surface area contributed by atoms with Crippen LogP contribution in [0.25, 0.3) is 0 Å². The second-order valence-corrected chi connectivity index (χ2v) is 6.15. The number of unbranched alkanes of at least 4 members (excludes halogenated alkanes) is 1. The van der Waals surface area contributed by atoms with E-state index in [0.29, 0.717) is 6.61 Å². The number of rotatable bonds is 7. The molecule has 0 saturated carbocycles. The molecule has 1 aliphatic heterocycles. The molecule has 1 saturated heterocycles. The lowest BCUT2D eigenvalue weighted by atomic mass is 10.00. The number of nitrogens with two attached hydrogens (primary N) is 1. The maximum Gasteiger partial charge on any atom is 0.191 e. The quantitative estimate of drug-likeness (QED) is 0.478. The fraction of sp³-hybridized carbons (Fsp3) is 0.611. The number of aliphatic imine (C=N–C) groups is 1. The maximum atomic E-state index is 6.06. The molecular weight excluding hydrogens is 274 g/mol. The molecule has 0 amide bonds. The van der Waals surface area contributed by atoms with Crippen LogP contribution in [-0.4, -0.2) is 37.1 Å². The minimum Gasteiger partial charge on any atom is -0.377 e. The van der Waals surface area contributed by atoms with Crippen molar-refractivity contribution < 1.29 is 4.74 Å². The molecule has 1 aliphatic rings.